The summed E-state index contributed by atoms with van der Waals surface area (Å²) in [5.41, 5.74) is -1.78. The lowest BCUT2D eigenvalue weighted by Crippen LogP contribution is -2.16. The summed E-state index contributed by atoms with van der Waals surface area (Å²) in [5.74, 6) is -3.90. The van der Waals surface area contributed by atoms with Crippen molar-refractivity contribution >= 4 is 23.3 Å². The smallest absolute Gasteiger partial charge is 0.338 e. The molecule has 0 fully saturated rings. The number of hydrogen-bond donors (Lipinski definition) is 1. The second-order valence-electron chi connectivity index (χ2n) is 4.80. The van der Waals surface area contributed by atoms with Crippen molar-refractivity contribution < 1.29 is 28.0 Å². The van der Waals surface area contributed by atoms with Crippen LogP contribution in [0.4, 0.5) is 20.2 Å². The lowest BCUT2D eigenvalue weighted by atomic mass is 10.1. The third kappa shape index (κ3) is 4.14. The Labute approximate surface area is 140 Å². The van der Waals surface area contributed by atoms with Crippen LogP contribution < -0.4 is 5.32 Å². The highest BCUT2D eigenvalue weighted by Gasteiger charge is 2.20. The summed E-state index contributed by atoms with van der Waals surface area (Å²) in [7, 11) is 0. The molecular weight excluding hydrogens is 338 g/mol. The number of nitro benzene ring substituents is 1. The van der Waals surface area contributed by atoms with Crippen LogP contribution in [0.15, 0.2) is 36.4 Å². The lowest BCUT2D eigenvalue weighted by Gasteiger charge is -2.09. The van der Waals surface area contributed by atoms with E-state index < -0.39 is 39.8 Å². The summed E-state index contributed by atoms with van der Waals surface area (Å²) in [5, 5.41) is 13.0. The normalized spacial score (nSPS) is 10.2. The monoisotopic (exact) mass is 350 g/mol. The van der Waals surface area contributed by atoms with E-state index >= 15 is 0 Å². The van der Waals surface area contributed by atoms with Crippen LogP contribution >= 0.6 is 0 Å². The molecule has 0 unspecified atom stereocenters. The summed E-state index contributed by atoms with van der Waals surface area (Å²) in [6, 6.07) is 5.87. The van der Waals surface area contributed by atoms with Gasteiger partial charge in [-0.2, -0.15) is 0 Å². The van der Waals surface area contributed by atoms with E-state index in [0.29, 0.717) is 0 Å². The first-order valence-electron chi connectivity index (χ1n) is 7.05. The average molecular weight is 350 g/mol. The van der Waals surface area contributed by atoms with Gasteiger partial charge in [-0.05, 0) is 25.1 Å². The van der Waals surface area contributed by atoms with Crippen molar-refractivity contribution in [3.63, 3.8) is 0 Å². The predicted octanol–water partition coefficient (Wildman–Crippen LogP) is 3.30. The molecule has 1 amide bonds. The quantitative estimate of drug-likeness (QED) is 0.507. The largest absolute Gasteiger partial charge is 0.462 e. The van der Waals surface area contributed by atoms with Crippen molar-refractivity contribution in [2.45, 2.75) is 6.92 Å². The molecule has 0 bridgehead atoms. The van der Waals surface area contributed by atoms with Gasteiger partial charge in [0.25, 0.3) is 11.6 Å². The zero-order chi connectivity index (χ0) is 18.6. The number of benzene rings is 2. The average Bonchev–Trinajstić information content (AvgIpc) is 2.57. The molecule has 2 aromatic carbocycles. The van der Waals surface area contributed by atoms with Crippen molar-refractivity contribution in [1.82, 2.24) is 0 Å². The fraction of sp³-hybridized carbons (Fsp3) is 0.125. The van der Waals surface area contributed by atoms with Gasteiger partial charge >= 0.3 is 5.97 Å². The molecule has 25 heavy (non-hydrogen) atoms. The summed E-state index contributed by atoms with van der Waals surface area (Å²) in [6.45, 7) is 1.58. The number of para-hydroxylation sites is 1. The van der Waals surface area contributed by atoms with E-state index in [1.165, 1.54) is 0 Å². The van der Waals surface area contributed by atoms with Gasteiger partial charge < -0.3 is 10.1 Å². The molecule has 0 aliphatic heterocycles. The molecule has 0 atom stereocenters. The summed E-state index contributed by atoms with van der Waals surface area (Å²) in [4.78, 5) is 34.1. The topological polar surface area (TPSA) is 98.5 Å². The maximum Gasteiger partial charge on any atom is 0.338 e. The van der Waals surface area contributed by atoms with Gasteiger partial charge in [0.15, 0.2) is 0 Å². The Kier molecular flexibility index (Phi) is 5.38. The molecule has 0 saturated carbocycles. The van der Waals surface area contributed by atoms with Crippen LogP contribution in [0.1, 0.15) is 27.6 Å². The minimum Gasteiger partial charge on any atom is -0.462 e. The zero-order valence-corrected chi connectivity index (χ0v) is 12.9. The van der Waals surface area contributed by atoms with Crippen LogP contribution in [0.25, 0.3) is 0 Å². The van der Waals surface area contributed by atoms with Gasteiger partial charge in [0.1, 0.15) is 17.3 Å². The SMILES string of the molecule is CCOC(=O)c1cc(C(=O)Nc2c(F)cccc2F)cc([N+](=O)[O-])c1. The van der Waals surface area contributed by atoms with E-state index in [1.54, 1.807) is 6.92 Å². The molecule has 2 aromatic rings. The van der Waals surface area contributed by atoms with E-state index in [9.17, 15) is 28.5 Å². The van der Waals surface area contributed by atoms with Crippen LogP contribution in [-0.4, -0.2) is 23.4 Å². The number of nitrogens with one attached hydrogen (secondary N) is 1. The van der Waals surface area contributed by atoms with Crippen LogP contribution in [0.3, 0.4) is 0 Å². The molecule has 1 N–H and O–H groups in total. The molecule has 0 heterocycles. The Morgan fingerprint density at radius 2 is 1.76 bits per heavy atom. The number of non-ortho nitro benzene ring substituents is 1. The van der Waals surface area contributed by atoms with Crippen LogP contribution in [0.2, 0.25) is 0 Å². The molecule has 7 nitrogen and oxygen atoms in total. The van der Waals surface area contributed by atoms with Crippen molar-refractivity contribution in [3.05, 3.63) is 69.3 Å². The summed E-state index contributed by atoms with van der Waals surface area (Å²) >= 11 is 0. The van der Waals surface area contributed by atoms with E-state index in [1.807, 2.05) is 5.32 Å². The third-order valence-corrected chi connectivity index (χ3v) is 3.10. The van der Waals surface area contributed by atoms with E-state index in [2.05, 4.69) is 0 Å². The number of esters is 1. The molecular formula is C16H12F2N2O5. The van der Waals surface area contributed by atoms with Crippen LogP contribution in [0, 0.1) is 21.7 Å². The third-order valence-electron chi connectivity index (χ3n) is 3.10. The molecule has 0 saturated heterocycles. The number of nitro groups is 1. The Hall–Kier alpha value is -3.36. The lowest BCUT2D eigenvalue weighted by molar-refractivity contribution is -0.384. The number of carbonyl (C=O) groups excluding carboxylic acids is 2. The van der Waals surface area contributed by atoms with Gasteiger partial charge in [0.05, 0.1) is 17.1 Å². The number of ether oxygens (including phenoxy) is 1. The van der Waals surface area contributed by atoms with E-state index in [4.69, 9.17) is 4.74 Å². The fourth-order valence-corrected chi connectivity index (χ4v) is 1.98. The number of nitrogens with zero attached hydrogens (tertiary/aromatic N) is 1. The molecule has 0 aliphatic carbocycles. The van der Waals surface area contributed by atoms with Crippen LogP contribution in [-0.2, 0) is 4.74 Å². The number of anilines is 1. The minimum absolute atomic E-state index is 0.0312. The minimum atomic E-state index is -1.02. The molecule has 2 rings (SSSR count). The number of carbonyl (C=O) groups is 2. The first-order valence-corrected chi connectivity index (χ1v) is 7.05. The number of halogens is 2. The number of amides is 1. The first kappa shape index (κ1) is 18.0. The highest BCUT2D eigenvalue weighted by Crippen LogP contribution is 2.22. The maximum absolute atomic E-state index is 13.6. The standard InChI is InChI=1S/C16H12F2N2O5/c1-2-25-16(22)10-6-9(7-11(8-10)20(23)24)15(21)19-14-12(17)4-3-5-13(14)18/h3-8H,2H2,1H3,(H,19,21). The molecule has 130 valence electrons. The van der Waals surface area contributed by atoms with Gasteiger partial charge in [-0.15, -0.1) is 0 Å². The van der Waals surface area contributed by atoms with Crippen molar-refractivity contribution in [2.75, 3.05) is 11.9 Å². The molecule has 0 aromatic heterocycles. The Bertz CT molecular complexity index is 834. The van der Waals surface area contributed by atoms with Gasteiger partial charge in [-0.25, -0.2) is 13.6 Å². The second-order valence-corrected chi connectivity index (χ2v) is 4.80. The highest BCUT2D eigenvalue weighted by atomic mass is 19.1. The summed E-state index contributed by atoms with van der Waals surface area (Å²) in [6.07, 6.45) is 0. The fourth-order valence-electron chi connectivity index (χ4n) is 1.98. The summed E-state index contributed by atoms with van der Waals surface area (Å²) < 4.78 is 32.0. The molecule has 0 aliphatic rings. The molecule has 9 heteroatoms. The molecule has 0 spiro atoms. The number of rotatable bonds is 5. The van der Waals surface area contributed by atoms with Crippen LogP contribution in [0.5, 0.6) is 0 Å². The van der Waals surface area contributed by atoms with Gasteiger partial charge in [-0.3, -0.25) is 14.9 Å². The van der Waals surface area contributed by atoms with Crippen molar-refractivity contribution in [3.8, 4) is 0 Å². The number of hydrogen-bond acceptors (Lipinski definition) is 5. The van der Waals surface area contributed by atoms with Crippen molar-refractivity contribution in [1.29, 1.82) is 0 Å². The highest BCUT2D eigenvalue weighted by molar-refractivity contribution is 6.06. The van der Waals surface area contributed by atoms with Gasteiger partial charge in [0, 0.05) is 17.7 Å². The van der Waals surface area contributed by atoms with Gasteiger partial charge in [-0.1, -0.05) is 6.07 Å². The van der Waals surface area contributed by atoms with Crippen molar-refractivity contribution in [2.24, 2.45) is 0 Å². The Balaban J connectivity index is 2.41. The van der Waals surface area contributed by atoms with Gasteiger partial charge in [0.2, 0.25) is 0 Å². The second kappa shape index (κ2) is 7.47. The van der Waals surface area contributed by atoms with E-state index in [0.717, 1.165) is 36.4 Å². The zero-order valence-electron chi connectivity index (χ0n) is 12.9. The van der Waals surface area contributed by atoms with E-state index in [-0.39, 0.29) is 17.7 Å². The predicted molar refractivity (Wildman–Crippen MR) is 83.4 cm³/mol. The Morgan fingerprint density at radius 3 is 2.32 bits per heavy atom. The molecule has 0 radical (unpaired) electrons. The Morgan fingerprint density at radius 1 is 1.16 bits per heavy atom. The first-order chi connectivity index (χ1) is 11.8. The maximum atomic E-state index is 13.6.